The molecular weight excluding hydrogens is 401 g/mol. The Labute approximate surface area is 182 Å². The van der Waals surface area contributed by atoms with Gasteiger partial charge >= 0.3 is 12.1 Å². The minimum Gasteiger partial charge on any atom is -0.426 e. The molecule has 5 heteroatoms. The third-order valence-corrected chi connectivity index (χ3v) is 5.81. The van der Waals surface area contributed by atoms with Gasteiger partial charge in [-0.3, -0.25) is 4.79 Å². The standard InChI is InChI=1S/C26H31F3O2/c1-15-12-20(24(2,3)4)22(21(13-15)25(5,6)7)31-23(30)19-14-18(19)16-8-10-17(11-9-16)26(27,28)29/h8-13,18-19H,14H2,1-7H3/t18-,19+/m1/s1. The van der Waals surface area contributed by atoms with Gasteiger partial charge in [-0.25, -0.2) is 0 Å². The van der Waals surface area contributed by atoms with Crippen LogP contribution in [-0.2, 0) is 21.8 Å². The molecular formula is C26H31F3O2. The lowest BCUT2D eigenvalue weighted by atomic mass is 9.78. The fraction of sp³-hybridized carbons (Fsp3) is 0.500. The first-order valence-corrected chi connectivity index (χ1v) is 10.6. The quantitative estimate of drug-likeness (QED) is 0.375. The number of rotatable bonds is 3. The number of carbonyl (C=O) groups excluding carboxylic acids is 1. The second-order valence-electron chi connectivity index (χ2n) is 10.7. The number of esters is 1. The number of ether oxygens (including phenoxy) is 1. The normalized spacial score (nSPS) is 19.3. The van der Waals surface area contributed by atoms with E-state index in [0.29, 0.717) is 12.2 Å². The summed E-state index contributed by atoms with van der Waals surface area (Å²) in [6.45, 7) is 14.6. The van der Waals surface area contributed by atoms with Crippen LogP contribution in [0.1, 0.15) is 81.7 Å². The van der Waals surface area contributed by atoms with Crippen molar-refractivity contribution < 1.29 is 22.7 Å². The fourth-order valence-electron chi connectivity index (χ4n) is 3.92. The summed E-state index contributed by atoms with van der Waals surface area (Å²) in [5, 5.41) is 0. The van der Waals surface area contributed by atoms with E-state index in [1.807, 2.05) is 6.92 Å². The molecule has 0 saturated heterocycles. The maximum absolute atomic E-state index is 13.0. The van der Waals surface area contributed by atoms with E-state index in [2.05, 4.69) is 53.7 Å². The topological polar surface area (TPSA) is 26.3 Å². The minimum absolute atomic E-state index is 0.101. The van der Waals surface area contributed by atoms with Crippen LogP contribution in [0, 0.1) is 12.8 Å². The third-order valence-electron chi connectivity index (χ3n) is 5.81. The Morgan fingerprint density at radius 2 is 1.39 bits per heavy atom. The number of benzene rings is 2. The summed E-state index contributed by atoms with van der Waals surface area (Å²) in [5.74, 6) is -0.131. The molecule has 0 amide bonds. The average Bonchev–Trinajstić information content (AvgIpc) is 3.41. The minimum atomic E-state index is -4.36. The van der Waals surface area contributed by atoms with Gasteiger partial charge in [0.05, 0.1) is 11.5 Å². The van der Waals surface area contributed by atoms with E-state index in [1.165, 1.54) is 12.1 Å². The largest absolute Gasteiger partial charge is 0.426 e. The molecule has 0 bridgehead atoms. The fourth-order valence-corrected chi connectivity index (χ4v) is 3.92. The van der Waals surface area contributed by atoms with Gasteiger partial charge < -0.3 is 4.74 Å². The van der Waals surface area contributed by atoms with Crippen LogP contribution >= 0.6 is 0 Å². The predicted molar refractivity (Wildman–Crippen MR) is 117 cm³/mol. The van der Waals surface area contributed by atoms with E-state index in [1.54, 1.807) is 0 Å². The van der Waals surface area contributed by atoms with E-state index >= 15 is 0 Å². The zero-order valence-corrected chi connectivity index (χ0v) is 19.3. The van der Waals surface area contributed by atoms with Crippen molar-refractivity contribution in [1.29, 1.82) is 0 Å². The van der Waals surface area contributed by atoms with Crippen molar-refractivity contribution in [3.05, 3.63) is 64.2 Å². The Bertz CT molecular complexity index is 939. The molecule has 0 unspecified atom stereocenters. The van der Waals surface area contributed by atoms with Crippen LogP contribution in [0.3, 0.4) is 0 Å². The summed E-state index contributed by atoms with van der Waals surface area (Å²) in [7, 11) is 0. The molecule has 2 nitrogen and oxygen atoms in total. The summed E-state index contributed by atoms with van der Waals surface area (Å²) >= 11 is 0. The van der Waals surface area contributed by atoms with Gasteiger partial charge in [-0.2, -0.15) is 13.2 Å². The molecule has 1 fully saturated rings. The van der Waals surface area contributed by atoms with Crippen molar-refractivity contribution in [3.8, 4) is 5.75 Å². The SMILES string of the molecule is Cc1cc(C(C)(C)C)c(OC(=O)[C@H]2C[C@@H]2c2ccc(C(F)(F)F)cc2)c(C(C)(C)C)c1. The smallest absolute Gasteiger partial charge is 0.416 e. The Kier molecular flexibility index (Phi) is 5.79. The van der Waals surface area contributed by atoms with Crippen molar-refractivity contribution in [2.75, 3.05) is 0 Å². The molecule has 2 atom stereocenters. The van der Waals surface area contributed by atoms with Crippen LogP contribution < -0.4 is 4.74 Å². The number of aryl methyl sites for hydroxylation is 1. The van der Waals surface area contributed by atoms with Crippen LogP contribution in [0.25, 0.3) is 0 Å². The Morgan fingerprint density at radius 3 is 1.81 bits per heavy atom. The van der Waals surface area contributed by atoms with Crippen LogP contribution in [0.4, 0.5) is 13.2 Å². The Morgan fingerprint density at radius 1 is 0.903 bits per heavy atom. The zero-order chi connectivity index (χ0) is 23.4. The molecule has 3 rings (SSSR count). The molecule has 168 valence electrons. The third kappa shape index (κ3) is 5.13. The van der Waals surface area contributed by atoms with Crippen molar-refractivity contribution in [1.82, 2.24) is 0 Å². The molecule has 31 heavy (non-hydrogen) atoms. The van der Waals surface area contributed by atoms with E-state index in [0.717, 1.165) is 34.4 Å². The second kappa shape index (κ2) is 7.68. The molecule has 0 heterocycles. The first kappa shape index (κ1) is 23.4. The summed E-state index contributed by atoms with van der Waals surface area (Å²) in [4.78, 5) is 13.0. The van der Waals surface area contributed by atoms with E-state index in [-0.39, 0.29) is 28.6 Å². The van der Waals surface area contributed by atoms with Gasteiger partial charge in [0.15, 0.2) is 0 Å². The summed E-state index contributed by atoms with van der Waals surface area (Å²) < 4.78 is 44.4. The molecule has 2 aromatic carbocycles. The highest BCUT2D eigenvalue weighted by molar-refractivity contribution is 5.80. The molecule has 0 aromatic heterocycles. The van der Waals surface area contributed by atoms with Crippen LogP contribution in [0.15, 0.2) is 36.4 Å². The van der Waals surface area contributed by atoms with Crippen molar-refractivity contribution in [2.45, 2.75) is 77.8 Å². The Balaban J connectivity index is 1.86. The highest BCUT2D eigenvalue weighted by Gasteiger charge is 2.46. The van der Waals surface area contributed by atoms with E-state index in [4.69, 9.17) is 4.74 Å². The molecule has 0 aliphatic heterocycles. The van der Waals surface area contributed by atoms with Gasteiger partial charge in [0.25, 0.3) is 0 Å². The average molecular weight is 433 g/mol. The zero-order valence-electron chi connectivity index (χ0n) is 19.3. The predicted octanol–water partition coefficient (Wildman–Crippen LogP) is 7.32. The van der Waals surface area contributed by atoms with Gasteiger partial charge in [0.1, 0.15) is 5.75 Å². The highest BCUT2D eigenvalue weighted by atomic mass is 19.4. The Hall–Kier alpha value is -2.30. The van der Waals surface area contributed by atoms with Gasteiger partial charge in [-0.15, -0.1) is 0 Å². The van der Waals surface area contributed by atoms with Gasteiger partial charge in [0.2, 0.25) is 0 Å². The number of carbonyl (C=O) groups is 1. The van der Waals surface area contributed by atoms with E-state index in [9.17, 15) is 18.0 Å². The molecule has 0 spiro atoms. The maximum atomic E-state index is 13.0. The van der Waals surface area contributed by atoms with Crippen LogP contribution in [-0.4, -0.2) is 5.97 Å². The first-order chi connectivity index (χ1) is 14.1. The lowest BCUT2D eigenvalue weighted by Gasteiger charge is -2.29. The van der Waals surface area contributed by atoms with Crippen LogP contribution in [0.5, 0.6) is 5.75 Å². The molecule has 0 radical (unpaired) electrons. The van der Waals surface area contributed by atoms with Crippen molar-refractivity contribution >= 4 is 5.97 Å². The van der Waals surface area contributed by atoms with Gasteiger partial charge in [-0.1, -0.05) is 71.4 Å². The number of hydrogen-bond donors (Lipinski definition) is 0. The second-order valence-corrected chi connectivity index (χ2v) is 10.7. The lowest BCUT2D eigenvalue weighted by Crippen LogP contribution is -2.23. The summed E-state index contributed by atoms with van der Waals surface area (Å²) in [6, 6.07) is 9.22. The molecule has 1 saturated carbocycles. The molecule has 1 aliphatic carbocycles. The van der Waals surface area contributed by atoms with E-state index < -0.39 is 11.7 Å². The summed E-state index contributed by atoms with van der Waals surface area (Å²) in [5.41, 5.74) is 2.72. The molecule has 0 N–H and O–H groups in total. The van der Waals surface area contributed by atoms with Gasteiger partial charge in [-0.05, 0) is 47.8 Å². The monoisotopic (exact) mass is 432 g/mol. The number of halogens is 3. The number of hydrogen-bond acceptors (Lipinski definition) is 2. The van der Waals surface area contributed by atoms with Crippen LogP contribution in [0.2, 0.25) is 0 Å². The molecule has 2 aromatic rings. The first-order valence-electron chi connectivity index (χ1n) is 10.6. The van der Waals surface area contributed by atoms with Crippen molar-refractivity contribution in [3.63, 3.8) is 0 Å². The maximum Gasteiger partial charge on any atom is 0.416 e. The van der Waals surface area contributed by atoms with Gasteiger partial charge in [0, 0.05) is 11.1 Å². The number of alkyl halides is 3. The highest BCUT2D eigenvalue weighted by Crippen LogP contribution is 2.50. The lowest BCUT2D eigenvalue weighted by molar-refractivity contribution is -0.138. The summed E-state index contributed by atoms with van der Waals surface area (Å²) in [6.07, 6.45) is -3.77. The van der Waals surface area contributed by atoms with Crippen molar-refractivity contribution in [2.24, 2.45) is 5.92 Å². The molecule has 1 aliphatic rings.